The van der Waals surface area contributed by atoms with Crippen molar-refractivity contribution in [3.63, 3.8) is 0 Å². The normalized spacial score (nSPS) is 17.8. The summed E-state index contributed by atoms with van der Waals surface area (Å²) in [6, 6.07) is 9.44. The van der Waals surface area contributed by atoms with E-state index < -0.39 is 0 Å². The number of hydrogen-bond donors (Lipinski definition) is 0. The first-order chi connectivity index (χ1) is 11.6. The molecule has 0 bridgehead atoms. The first kappa shape index (κ1) is 20.5. The van der Waals surface area contributed by atoms with Gasteiger partial charge in [0.2, 0.25) is 0 Å². The standard InChI is InChI=1S/C24H41N/c1-23(2,3)14-7-15-25-16-12-21(13-17-25)18-20-8-10-22(11-9-20)19-24(4,5)6/h8-11,21H,7,12-19H2,1-6H3. The zero-order chi connectivity index (χ0) is 18.5. The Morgan fingerprint density at radius 3 is 1.92 bits per heavy atom. The van der Waals surface area contributed by atoms with Crippen molar-refractivity contribution >= 4 is 0 Å². The van der Waals surface area contributed by atoms with Crippen LogP contribution in [0.5, 0.6) is 0 Å². The summed E-state index contributed by atoms with van der Waals surface area (Å²) in [6.45, 7) is 17.9. The summed E-state index contributed by atoms with van der Waals surface area (Å²) in [6.07, 6.45) is 7.88. The zero-order valence-electron chi connectivity index (χ0n) is 17.7. The van der Waals surface area contributed by atoms with E-state index in [0.717, 1.165) is 5.92 Å². The maximum absolute atomic E-state index is 2.69. The third kappa shape index (κ3) is 8.40. The second kappa shape index (κ2) is 8.71. The molecule has 25 heavy (non-hydrogen) atoms. The topological polar surface area (TPSA) is 3.24 Å². The molecule has 1 fully saturated rings. The molecule has 0 unspecified atom stereocenters. The predicted octanol–water partition coefficient (Wildman–Crippen LogP) is 6.36. The van der Waals surface area contributed by atoms with Gasteiger partial charge in [-0.2, -0.15) is 0 Å². The number of nitrogens with zero attached hydrogens (tertiary/aromatic N) is 1. The van der Waals surface area contributed by atoms with Gasteiger partial charge in [0.25, 0.3) is 0 Å². The monoisotopic (exact) mass is 343 g/mol. The lowest BCUT2D eigenvalue weighted by molar-refractivity contribution is 0.174. The van der Waals surface area contributed by atoms with Gasteiger partial charge in [-0.1, -0.05) is 65.8 Å². The van der Waals surface area contributed by atoms with Crippen LogP contribution in [0.25, 0.3) is 0 Å². The second-order valence-corrected chi connectivity index (χ2v) is 10.7. The highest BCUT2D eigenvalue weighted by Gasteiger charge is 2.20. The van der Waals surface area contributed by atoms with Gasteiger partial charge in [-0.3, -0.25) is 0 Å². The van der Waals surface area contributed by atoms with Gasteiger partial charge in [0.1, 0.15) is 0 Å². The lowest BCUT2D eigenvalue weighted by Gasteiger charge is -2.32. The Morgan fingerprint density at radius 1 is 0.840 bits per heavy atom. The summed E-state index contributed by atoms with van der Waals surface area (Å²) in [5, 5.41) is 0. The SMILES string of the molecule is CC(C)(C)CCCN1CCC(Cc2ccc(CC(C)(C)C)cc2)CC1. The molecule has 1 aliphatic rings. The fourth-order valence-corrected chi connectivity index (χ4v) is 3.99. The number of benzene rings is 1. The predicted molar refractivity (Wildman–Crippen MR) is 111 cm³/mol. The first-order valence-corrected chi connectivity index (χ1v) is 10.4. The molecule has 1 aliphatic heterocycles. The highest BCUT2D eigenvalue weighted by molar-refractivity contribution is 5.23. The Kier molecular flexibility index (Phi) is 7.14. The van der Waals surface area contributed by atoms with Crippen LogP contribution in [-0.2, 0) is 12.8 Å². The average Bonchev–Trinajstić information content (AvgIpc) is 2.48. The summed E-state index contributed by atoms with van der Waals surface area (Å²) in [5.41, 5.74) is 3.87. The second-order valence-electron chi connectivity index (χ2n) is 10.7. The van der Waals surface area contributed by atoms with E-state index in [4.69, 9.17) is 0 Å². The van der Waals surface area contributed by atoms with Crippen LogP contribution in [0, 0.1) is 16.7 Å². The highest BCUT2D eigenvalue weighted by atomic mass is 15.1. The van der Waals surface area contributed by atoms with Crippen molar-refractivity contribution in [2.75, 3.05) is 19.6 Å². The number of piperidine rings is 1. The van der Waals surface area contributed by atoms with Crippen molar-refractivity contribution in [2.45, 2.75) is 80.1 Å². The molecular weight excluding hydrogens is 302 g/mol. The lowest BCUT2D eigenvalue weighted by atomic mass is 9.86. The molecule has 1 aromatic rings. The molecular formula is C24H41N. The minimum Gasteiger partial charge on any atom is -0.303 e. The van der Waals surface area contributed by atoms with Crippen LogP contribution in [0.3, 0.4) is 0 Å². The van der Waals surface area contributed by atoms with E-state index in [1.807, 2.05) is 0 Å². The van der Waals surface area contributed by atoms with Gasteiger partial charge >= 0.3 is 0 Å². The summed E-state index contributed by atoms with van der Waals surface area (Å²) in [4.78, 5) is 2.69. The molecule has 0 spiro atoms. The molecule has 1 heteroatoms. The fourth-order valence-electron chi connectivity index (χ4n) is 3.99. The van der Waals surface area contributed by atoms with E-state index in [1.165, 1.54) is 69.3 Å². The van der Waals surface area contributed by atoms with Crippen LogP contribution in [0.1, 0.15) is 78.4 Å². The van der Waals surface area contributed by atoms with E-state index in [0.29, 0.717) is 10.8 Å². The smallest absolute Gasteiger partial charge is 0.00160 e. The molecule has 0 radical (unpaired) electrons. The Bertz CT molecular complexity index is 492. The van der Waals surface area contributed by atoms with Crippen LogP contribution in [0.15, 0.2) is 24.3 Å². The van der Waals surface area contributed by atoms with E-state index in [9.17, 15) is 0 Å². The maximum atomic E-state index is 2.69. The summed E-state index contributed by atoms with van der Waals surface area (Å²) >= 11 is 0. The largest absolute Gasteiger partial charge is 0.303 e. The van der Waals surface area contributed by atoms with Gasteiger partial charge in [0, 0.05) is 0 Å². The molecule has 2 rings (SSSR count). The average molecular weight is 344 g/mol. The van der Waals surface area contributed by atoms with Gasteiger partial charge < -0.3 is 4.90 Å². The van der Waals surface area contributed by atoms with Crippen molar-refractivity contribution < 1.29 is 0 Å². The van der Waals surface area contributed by atoms with Crippen LogP contribution >= 0.6 is 0 Å². The first-order valence-electron chi connectivity index (χ1n) is 10.4. The van der Waals surface area contributed by atoms with Crippen molar-refractivity contribution in [1.29, 1.82) is 0 Å². The van der Waals surface area contributed by atoms with Crippen molar-refractivity contribution in [3.05, 3.63) is 35.4 Å². The van der Waals surface area contributed by atoms with Crippen LogP contribution in [0.4, 0.5) is 0 Å². The van der Waals surface area contributed by atoms with Crippen molar-refractivity contribution in [2.24, 2.45) is 16.7 Å². The minimum atomic E-state index is 0.376. The molecule has 0 saturated carbocycles. The van der Waals surface area contributed by atoms with Gasteiger partial charge in [0.05, 0.1) is 0 Å². The summed E-state index contributed by atoms with van der Waals surface area (Å²) < 4.78 is 0. The van der Waals surface area contributed by atoms with E-state index in [1.54, 1.807) is 0 Å². The summed E-state index contributed by atoms with van der Waals surface area (Å²) in [7, 11) is 0. The highest BCUT2D eigenvalue weighted by Crippen LogP contribution is 2.25. The Labute approximate surface area is 157 Å². The van der Waals surface area contributed by atoms with E-state index >= 15 is 0 Å². The molecule has 0 atom stereocenters. The van der Waals surface area contributed by atoms with Crippen molar-refractivity contribution in [3.8, 4) is 0 Å². The Balaban J connectivity index is 1.71. The van der Waals surface area contributed by atoms with Crippen molar-refractivity contribution in [1.82, 2.24) is 4.90 Å². The zero-order valence-corrected chi connectivity index (χ0v) is 17.7. The third-order valence-electron chi connectivity index (χ3n) is 5.39. The number of likely N-dealkylation sites (tertiary alicyclic amines) is 1. The minimum absolute atomic E-state index is 0.376. The van der Waals surface area contributed by atoms with Crippen LogP contribution < -0.4 is 0 Å². The summed E-state index contributed by atoms with van der Waals surface area (Å²) in [5.74, 6) is 0.882. The van der Waals surface area contributed by atoms with E-state index in [-0.39, 0.29) is 0 Å². The van der Waals surface area contributed by atoms with E-state index in [2.05, 4.69) is 70.7 Å². The fraction of sp³-hybridized carbons (Fsp3) is 0.750. The van der Waals surface area contributed by atoms with Gasteiger partial charge in [-0.05, 0) is 86.0 Å². The molecule has 0 amide bonds. The maximum Gasteiger partial charge on any atom is -0.00160 e. The lowest BCUT2D eigenvalue weighted by Crippen LogP contribution is -2.35. The molecule has 0 aromatic heterocycles. The molecule has 1 heterocycles. The molecule has 1 aromatic carbocycles. The molecule has 1 saturated heterocycles. The van der Waals surface area contributed by atoms with Gasteiger partial charge in [-0.15, -0.1) is 0 Å². The molecule has 0 aliphatic carbocycles. The third-order valence-corrected chi connectivity index (χ3v) is 5.39. The van der Waals surface area contributed by atoms with Crippen LogP contribution in [0.2, 0.25) is 0 Å². The number of rotatable bonds is 6. The Morgan fingerprint density at radius 2 is 1.40 bits per heavy atom. The van der Waals surface area contributed by atoms with Gasteiger partial charge in [-0.25, -0.2) is 0 Å². The van der Waals surface area contributed by atoms with Gasteiger partial charge in [0.15, 0.2) is 0 Å². The molecule has 1 nitrogen and oxygen atoms in total. The van der Waals surface area contributed by atoms with Crippen LogP contribution in [-0.4, -0.2) is 24.5 Å². The quantitative estimate of drug-likeness (QED) is 0.581. The molecule has 142 valence electrons. The molecule has 0 N–H and O–H groups in total. The number of hydrogen-bond acceptors (Lipinski definition) is 1. The Hall–Kier alpha value is -0.820.